The molecule has 3 aromatic rings. The molecule has 1 saturated heterocycles. The molecule has 2 aliphatic heterocycles. The van der Waals surface area contributed by atoms with Gasteiger partial charge in [0, 0.05) is 24.2 Å². The quantitative estimate of drug-likeness (QED) is 0.390. The summed E-state index contributed by atoms with van der Waals surface area (Å²) in [5, 5.41) is 2.86. The number of amides is 4. The van der Waals surface area contributed by atoms with Gasteiger partial charge in [-0.1, -0.05) is 37.6 Å². The number of ether oxygens (including phenoxy) is 1. The second kappa shape index (κ2) is 9.62. The summed E-state index contributed by atoms with van der Waals surface area (Å²) in [5.41, 5.74) is 3.72. The van der Waals surface area contributed by atoms with Crippen LogP contribution in [0, 0.1) is 0 Å². The molecule has 35 heavy (non-hydrogen) atoms. The van der Waals surface area contributed by atoms with Crippen LogP contribution in [0.2, 0.25) is 0 Å². The highest BCUT2D eigenvalue weighted by Gasteiger charge is 2.47. The fourth-order valence-corrected chi connectivity index (χ4v) is 4.49. The number of anilines is 2. The standard InChI is InChI=1S/C28H27N3O4/c1-2-3-16-35-24-14-10-22(11-15-24)29-26(32)19-8-12-23(13-9-19)31-27(33)25-17-20-6-4-5-7-21(20)18-30(25)28(31)34/h4-15,25H,2-3,16-18H2,1H3,(H,29,32)/t25-/m1/s1. The SMILES string of the molecule is CCCCOc1ccc(NC(=O)c2ccc(N3C(=O)[C@H]4Cc5ccccc5CN4C3=O)cc2)cc1. The van der Waals surface area contributed by atoms with Gasteiger partial charge in [0.2, 0.25) is 0 Å². The number of imide groups is 1. The molecule has 0 spiro atoms. The van der Waals surface area contributed by atoms with Gasteiger partial charge in [-0.25, -0.2) is 9.69 Å². The van der Waals surface area contributed by atoms with Crippen molar-refractivity contribution in [2.24, 2.45) is 0 Å². The molecule has 0 bridgehead atoms. The van der Waals surface area contributed by atoms with Gasteiger partial charge in [0.05, 0.1) is 12.3 Å². The predicted molar refractivity (Wildman–Crippen MR) is 134 cm³/mol. The lowest BCUT2D eigenvalue weighted by Crippen LogP contribution is -2.39. The number of hydrogen-bond donors (Lipinski definition) is 1. The molecule has 4 amide bonds. The molecule has 1 fully saturated rings. The van der Waals surface area contributed by atoms with E-state index in [1.165, 1.54) is 4.90 Å². The van der Waals surface area contributed by atoms with E-state index in [0.717, 1.165) is 29.7 Å². The lowest BCUT2D eigenvalue weighted by molar-refractivity contribution is -0.120. The number of benzene rings is 3. The van der Waals surface area contributed by atoms with E-state index < -0.39 is 6.04 Å². The Morgan fingerprint density at radius 2 is 1.69 bits per heavy atom. The van der Waals surface area contributed by atoms with Crippen LogP contribution in [-0.2, 0) is 17.8 Å². The topological polar surface area (TPSA) is 79.0 Å². The minimum Gasteiger partial charge on any atom is -0.494 e. The van der Waals surface area contributed by atoms with Gasteiger partial charge in [-0.3, -0.25) is 9.59 Å². The highest BCUT2D eigenvalue weighted by molar-refractivity contribution is 6.21. The van der Waals surface area contributed by atoms with E-state index in [1.54, 1.807) is 41.3 Å². The Kier molecular flexibility index (Phi) is 6.23. The fraction of sp³-hybridized carbons (Fsp3) is 0.250. The first-order valence-corrected chi connectivity index (χ1v) is 11.9. The summed E-state index contributed by atoms with van der Waals surface area (Å²) in [5.74, 6) is 0.256. The lowest BCUT2D eigenvalue weighted by atomic mass is 9.95. The number of fused-ring (bicyclic) bond motifs is 2. The van der Waals surface area contributed by atoms with E-state index in [9.17, 15) is 14.4 Å². The number of nitrogens with one attached hydrogen (secondary N) is 1. The third kappa shape index (κ3) is 4.49. The second-order valence-electron chi connectivity index (χ2n) is 8.80. The van der Waals surface area contributed by atoms with Crippen molar-refractivity contribution >= 4 is 29.2 Å². The normalized spacial score (nSPS) is 16.7. The zero-order chi connectivity index (χ0) is 24.4. The molecule has 0 aromatic heterocycles. The van der Waals surface area contributed by atoms with Gasteiger partial charge in [-0.15, -0.1) is 0 Å². The van der Waals surface area contributed by atoms with Gasteiger partial charge in [-0.2, -0.15) is 0 Å². The minimum absolute atomic E-state index is 0.233. The largest absolute Gasteiger partial charge is 0.494 e. The molecule has 5 rings (SSSR count). The van der Waals surface area contributed by atoms with Gasteiger partial charge in [0.25, 0.3) is 11.8 Å². The molecule has 1 N–H and O–H groups in total. The number of carbonyl (C=O) groups is 3. The molecule has 2 aliphatic rings. The smallest absolute Gasteiger partial charge is 0.332 e. The third-order valence-corrected chi connectivity index (χ3v) is 6.46. The number of urea groups is 1. The Bertz CT molecular complexity index is 1210. The predicted octanol–water partition coefficient (Wildman–Crippen LogP) is 5.01. The number of hydrogen-bond acceptors (Lipinski definition) is 4. The van der Waals surface area contributed by atoms with E-state index in [0.29, 0.717) is 36.5 Å². The van der Waals surface area contributed by atoms with Crippen molar-refractivity contribution in [3.8, 4) is 5.75 Å². The van der Waals surface area contributed by atoms with Crippen molar-refractivity contribution in [2.45, 2.75) is 38.8 Å². The highest BCUT2D eigenvalue weighted by atomic mass is 16.5. The monoisotopic (exact) mass is 469 g/mol. The summed E-state index contributed by atoms with van der Waals surface area (Å²) in [6.45, 7) is 3.20. The summed E-state index contributed by atoms with van der Waals surface area (Å²) in [6, 6.07) is 20.8. The Balaban J connectivity index is 1.25. The van der Waals surface area contributed by atoms with E-state index in [-0.39, 0.29) is 17.8 Å². The van der Waals surface area contributed by atoms with E-state index in [4.69, 9.17) is 4.74 Å². The average Bonchev–Trinajstić information content (AvgIpc) is 3.13. The molecule has 3 aromatic carbocycles. The van der Waals surface area contributed by atoms with Gasteiger partial charge < -0.3 is 15.0 Å². The molecule has 0 radical (unpaired) electrons. The molecular weight excluding hydrogens is 442 g/mol. The molecule has 2 heterocycles. The first kappa shape index (κ1) is 22.7. The fourth-order valence-electron chi connectivity index (χ4n) is 4.49. The Morgan fingerprint density at radius 1 is 0.971 bits per heavy atom. The number of rotatable bonds is 7. The van der Waals surface area contributed by atoms with Crippen LogP contribution in [0.4, 0.5) is 16.2 Å². The van der Waals surface area contributed by atoms with Crippen LogP contribution < -0.4 is 15.0 Å². The molecule has 7 heteroatoms. The van der Waals surface area contributed by atoms with Crippen LogP contribution >= 0.6 is 0 Å². The van der Waals surface area contributed by atoms with Crippen molar-refractivity contribution in [1.82, 2.24) is 4.90 Å². The van der Waals surface area contributed by atoms with Crippen LogP contribution in [0.3, 0.4) is 0 Å². The molecule has 1 atom stereocenters. The summed E-state index contributed by atoms with van der Waals surface area (Å²) < 4.78 is 5.65. The Hall–Kier alpha value is -4.13. The average molecular weight is 470 g/mol. The van der Waals surface area contributed by atoms with Gasteiger partial charge in [-0.05, 0) is 66.1 Å². The number of carbonyl (C=O) groups excluding carboxylic acids is 3. The zero-order valence-electron chi connectivity index (χ0n) is 19.6. The van der Waals surface area contributed by atoms with Crippen LogP contribution in [-0.4, -0.2) is 35.4 Å². The maximum Gasteiger partial charge on any atom is 0.332 e. The first-order valence-electron chi connectivity index (χ1n) is 11.9. The third-order valence-electron chi connectivity index (χ3n) is 6.46. The summed E-state index contributed by atoms with van der Waals surface area (Å²) in [7, 11) is 0. The lowest BCUT2D eigenvalue weighted by Gasteiger charge is -2.28. The van der Waals surface area contributed by atoms with E-state index in [1.807, 2.05) is 36.4 Å². The maximum atomic E-state index is 13.1. The highest BCUT2D eigenvalue weighted by Crippen LogP contribution is 2.33. The van der Waals surface area contributed by atoms with E-state index in [2.05, 4.69) is 12.2 Å². The van der Waals surface area contributed by atoms with Crippen molar-refractivity contribution in [3.05, 3.63) is 89.5 Å². The summed E-state index contributed by atoms with van der Waals surface area (Å²) in [6.07, 6.45) is 2.58. The van der Waals surface area contributed by atoms with Gasteiger partial charge in [0.15, 0.2) is 0 Å². The van der Waals surface area contributed by atoms with Crippen molar-refractivity contribution in [3.63, 3.8) is 0 Å². The van der Waals surface area contributed by atoms with E-state index >= 15 is 0 Å². The number of unbranched alkanes of at least 4 members (excludes halogenated alkanes) is 1. The minimum atomic E-state index is -0.491. The second-order valence-corrected chi connectivity index (χ2v) is 8.80. The Labute approximate surface area is 204 Å². The van der Waals surface area contributed by atoms with Crippen LogP contribution in [0.5, 0.6) is 5.75 Å². The van der Waals surface area contributed by atoms with Crippen LogP contribution in [0.15, 0.2) is 72.8 Å². The van der Waals surface area contributed by atoms with Crippen LogP contribution in [0.1, 0.15) is 41.3 Å². The number of nitrogens with zero attached hydrogens (tertiary/aromatic N) is 2. The molecule has 178 valence electrons. The zero-order valence-corrected chi connectivity index (χ0v) is 19.6. The van der Waals surface area contributed by atoms with Crippen LogP contribution in [0.25, 0.3) is 0 Å². The summed E-state index contributed by atoms with van der Waals surface area (Å²) in [4.78, 5) is 41.7. The van der Waals surface area contributed by atoms with Gasteiger partial charge >= 0.3 is 6.03 Å². The molecule has 0 unspecified atom stereocenters. The summed E-state index contributed by atoms with van der Waals surface area (Å²) >= 11 is 0. The Morgan fingerprint density at radius 3 is 2.40 bits per heavy atom. The molecule has 7 nitrogen and oxygen atoms in total. The van der Waals surface area contributed by atoms with Crippen molar-refractivity contribution < 1.29 is 19.1 Å². The molecular formula is C28H27N3O4. The van der Waals surface area contributed by atoms with Crippen molar-refractivity contribution in [2.75, 3.05) is 16.8 Å². The first-order chi connectivity index (χ1) is 17.0. The van der Waals surface area contributed by atoms with Crippen molar-refractivity contribution in [1.29, 1.82) is 0 Å². The maximum absolute atomic E-state index is 13.1. The van der Waals surface area contributed by atoms with Gasteiger partial charge in [0.1, 0.15) is 11.8 Å². The molecule has 0 aliphatic carbocycles. The molecule has 0 saturated carbocycles.